The average molecular weight is 272 g/mol. The van der Waals surface area contributed by atoms with Crippen molar-refractivity contribution in [1.82, 2.24) is 10.3 Å². The fourth-order valence-corrected chi connectivity index (χ4v) is 3.07. The van der Waals surface area contributed by atoms with Gasteiger partial charge in [-0.15, -0.1) is 11.8 Å². The Kier molecular flexibility index (Phi) is 5.43. The molecule has 0 radical (unpaired) electrons. The van der Waals surface area contributed by atoms with E-state index >= 15 is 0 Å². The van der Waals surface area contributed by atoms with E-state index in [0.717, 1.165) is 12.2 Å². The molecule has 1 aromatic carbocycles. The molecule has 1 aromatic heterocycles. The number of rotatable bonds is 6. The first-order valence-electron chi connectivity index (χ1n) is 6.53. The number of hydrogen-bond acceptors (Lipinski definition) is 3. The zero-order valence-electron chi connectivity index (χ0n) is 11.5. The number of nitrogens with zero attached hydrogens (tertiary/aromatic N) is 1. The number of aromatic nitrogens is 1. The lowest BCUT2D eigenvalue weighted by Gasteiger charge is -2.15. The highest BCUT2D eigenvalue weighted by Crippen LogP contribution is 2.20. The molecule has 1 atom stereocenters. The predicted octanol–water partition coefficient (Wildman–Crippen LogP) is 3.31. The second-order valence-electron chi connectivity index (χ2n) is 4.68. The average Bonchev–Trinajstić information content (AvgIpc) is 2.44. The Hall–Kier alpha value is -1.32. The summed E-state index contributed by atoms with van der Waals surface area (Å²) in [6, 6.07) is 13.3. The molecule has 100 valence electrons. The summed E-state index contributed by atoms with van der Waals surface area (Å²) in [6.07, 6.45) is 4.78. The molecule has 0 amide bonds. The molecule has 3 heteroatoms. The zero-order valence-corrected chi connectivity index (χ0v) is 12.3. The fourth-order valence-electron chi connectivity index (χ4n) is 1.95. The van der Waals surface area contributed by atoms with E-state index < -0.39 is 0 Å². The smallest absolute Gasteiger partial charge is 0.0300 e. The Balaban J connectivity index is 1.89. The van der Waals surface area contributed by atoms with Crippen LogP contribution in [-0.4, -0.2) is 23.8 Å². The third-order valence-corrected chi connectivity index (χ3v) is 4.21. The van der Waals surface area contributed by atoms with E-state index in [2.05, 4.69) is 47.6 Å². The van der Waals surface area contributed by atoms with Crippen molar-refractivity contribution >= 4 is 11.8 Å². The Morgan fingerprint density at radius 1 is 1.26 bits per heavy atom. The summed E-state index contributed by atoms with van der Waals surface area (Å²) < 4.78 is 0. The monoisotopic (exact) mass is 272 g/mol. The van der Waals surface area contributed by atoms with Gasteiger partial charge in [0.2, 0.25) is 0 Å². The predicted molar refractivity (Wildman–Crippen MR) is 82.7 cm³/mol. The van der Waals surface area contributed by atoms with Gasteiger partial charge >= 0.3 is 0 Å². The van der Waals surface area contributed by atoms with E-state index in [4.69, 9.17) is 0 Å². The van der Waals surface area contributed by atoms with Crippen molar-refractivity contribution in [2.45, 2.75) is 24.3 Å². The number of aryl methyl sites for hydroxylation is 1. The molecule has 1 unspecified atom stereocenters. The van der Waals surface area contributed by atoms with Crippen LogP contribution in [-0.2, 0) is 6.42 Å². The Labute approximate surface area is 119 Å². The van der Waals surface area contributed by atoms with Crippen LogP contribution in [0.4, 0.5) is 0 Å². The van der Waals surface area contributed by atoms with Crippen LogP contribution in [0.3, 0.4) is 0 Å². The van der Waals surface area contributed by atoms with Crippen molar-refractivity contribution in [2.24, 2.45) is 0 Å². The highest BCUT2D eigenvalue weighted by Gasteiger charge is 2.08. The van der Waals surface area contributed by atoms with Gasteiger partial charge in [0.05, 0.1) is 0 Å². The molecule has 2 rings (SSSR count). The normalized spacial score (nSPS) is 12.3. The first-order chi connectivity index (χ1) is 9.28. The minimum absolute atomic E-state index is 0.467. The molecule has 2 nitrogen and oxygen atoms in total. The van der Waals surface area contributed by atoms with E-state index in [1.807, 2.05) is 37.3 Å². The van der Waals surface area contributed by atoms with Crippen LogP contribution in [0.15, 0.2) is 53.7 Å². The molecule has 2 aromatic rings. The van der Waals surface area contributed by atoms with Crippen LogP contribution in [0, 0.1) is 6.92 Å². The number of benzene rings is 1. The van der Waals surface area contributed by atoms with Gasteiger partial charge in [-0.2, -0.15) is 0 Å². The topological polar surface area (TPSA) is 24.9 Å². The van der Waals surface area contributed by atoms with Gasteiger partial charge in [0, 0.05) is 29.1 Å². The minimum atomic E-state index is 0.467. The molecule has 0 saturated carbocycles. The van der Waals surface area contributed by atoms with E-state index in [9.17, 15) is 0 Å². The van der Waals surface area contributed by atoms with Gasteiger partial charge in [0.25, 0.3) is 0 Å². The molecule has 1 heterocycles. The highest BCUT2D eigenvalue weighted by molar-refractivity contribution is 7.99. The molecular formula is C16H20N2S. The van der Waals surface area contributed by atoms with Crippen LogP contribution in [0.25, 0.3) is 0 Å². The van der Waals surface area contributed by atoms with Gasteiger partial charge in [-0.3, -0.25) is 4.98 Å². The third kappa shape index (κ3) is 4.69. The standard InChI is InChI=1S/C16H20N2S/c1-13-5-3-7-16(9-13)19-12-15(17-2)10-14-6-4-8-18-11-14/h3-9,11,15,17H,10,12H2,1-2H3. The van der Waals surface area contributed by atoms with Crippen molar-refractivity contribution in [1.29, 1.82) is 0 Å². The number of likely N-dealkylation sites (N-methyl/N-ethyl adjacent to an activating group) is 1. The summed E-state index contributed by atoms with van der Waals surface area (Å²) in [5.41, 5.74) is 2.60. The van der Waals surface area contributed by atoms with Gasteiger partial charge < -0.3 is 5.32 Å². The zero-order chi connectivity index (χ0) is 13.5. The van der Waals surface area contributed by atoms with Crippen molar-refractivity contribution < 1.29 is 0 Å². The van der Waals surface area contributed by atoms with Crippen molar-refractivity contribution in [3.8, 4) is 0 Å². The number of hydrogen-bond donors (Lipinski definition) is 1. The number of pyridine rings is 1. The molecule has 0 saturated heterocycles. The maximum Gasteiger partial charge on any atom is 0.0300 e. The lowest BCUT2D eigenvalue weighted by Crippen LogP contribution is -2.30. The van der Waals surface area contributed by atoms with Crippen LogP contribution in [0.5, 0.6) is 0 Å². The quantitative estimate of drug-likeness (QED) is 0.817. The Morgan fingerprint density at radius 3 is 2.84 bits per heavy atom. The molecule has 0 aliphatic heterocycles. The fraction of sp³-hybridized carbons (Fsp3) is 0.312. The lowest BCUT2D eigenvalue weighted by molar-refractivity contribution is 0.616. The lowest BCUT2D eigenvalue weighted by atomic mass is 10.1. The largest absolute Gasteiger partial charge is 0.316 e. The van der Waals surface area contributed by atoms with E-state index in [1.165, 1.54) is 16.0 Å². The molecule has 0 aliphatic carbocycles. The van der Waals surface area contributed by atoms with Crippen LogP contribution < -0.4 is 5.32 Å². The van der Waals surface area contributed by atoms with Gasteiger partial charge in [0.1, 0.15) is 0 Å². The number of nitrogens with one attached hydrogen (secondary N) is 1. The van der Waals surface area contributed by atoms with E-state index in [0.29, 0.717) is 6.04 Å². The molecule has 0 spiro atoms. The maximum absolute atomic E-state index is 4.17. The third-order valence-electron chi connectivity index (χ3n) is 3.05. The summed E-state index contributed by atoms with van der Waals surface area (Å²) >= 11 is 1.90. The van der Waals surface area contributed by atoms with Crippen LogP contribution >= 0.6 is 11.8 Å². The van der Waals surface area contributed by atoms with E-state index in [1.54, 1.807) is 0 Å². The maximum atomic E-state index is 4.17. The van der Waals surface area contributed by atoms with Gasteiger partial charge in [-0.25, -0.2) is 0 Å². The molecule has 0 bridgehead atoms. The van der Waals surface area contributed by atoms with Crippen LogP contribution in [0.1, 0.15) is 11.1 Å². The highest BCUT2D eigenvalue weighted by atomic mass is 32.2. The summed E-state index contributed by atoms with van der Waals surface area (Å²) in [5.74, 6) is 1.06. The SMILES string of the molecule is CNC(CSc1cccc(C)c1)Cc1cccnc1. The van der Waals surface area contributed by atoms with E-state index in [-0.39, 0.29) is 0 Å². The summed E-state index contributed by atoms with van der Waals surface area (Å²) in [7, 11) is 2.03. The summed E-state index contributed by atoms with van der Waals surface area (Å²) in [5, 5.41) is 3.39. The Bertz CT molecular complexity index is 499. The summed E-state index contributed by atoms with van der Waals surface area (Å²) in [4.78, 5) is 5.51. The first kappa shape index (κ1) is 14.1. The molecule has 0 fully saturated rings. The minimum Gasteiger partial charge on any atom is -0.316 e. The first-order valence-corrected chi connectivity index (χ1v) is 7.52. The van der Waals surface area contributed by atoms with Gasteiger partial charge in [-0.1, -0.05) is 23.8 Å². The second kappa shape index (κ2) is 7.31. The van der Waals surface area contributed by atoms with Crippen molar-refractivity contribution in [3.05, 3.63) is 59.9 Å². The molecular weight excluding hydrogens is 252 g/mol. The summed E-state index contributed by atoms with van der Waals surface area (Å²) in [6.45, 7) is 2.13. The van der Waals surface area contributed by atoms with Gasteiger partial charge in [-0.05, 0) is 44.2 Å². The van der Waals surface area contributed by atoms with Gasteiger partial charge in [0.15, 0.2) is 0 Å². The number of thioether (sulfide) groups is 1. The Morgan fingerprint density at radius 2 is 2.16 bits per heavy atom. The molecule has 19 heavy (non-hydrogen) atoms. The van der Waals surface area contributed by atoms with Crippen LogP contribution in [0.2, 0.25) is 0 Å². The van der Waals surface area contributed by atoms with Crippen molar-refractivity contribution in [2.75, 3.05) is 12.8 Å². The molecule has 1 N–H and O–H groups in total. The van der Waals surface area contributed by atoms with Crippen molar-refractivity contribution in [3.63, 3.8) is 0 Å². The second-order valence-corrected chi connectivity index (χ2v) is 5.77. The molecule has 0 aliphatic rings.